The fourth-order valence-electron chi connectivity index (χ4n) is 3.65. The first-order valence-corrected chi connectivity index (χ1v) is 10.2. The summed E-state index contributed by atoms with van der Waals surface area (Å²) in [6.07, 6.45) is 2.46. The summed E-state index contributed by atoms with van der Waals surface area (Å²) in [5, 5.41) is 4.40. The molecular weight excluding hydrogens is 306 g/mol. The molecule has 1 heterocycles. The molecule has 1 nitrogen and oxygen atoms in total. The summed E-state index contributed by atoms with van der Waals surface area (Å²) in [5.74, 6) is 0. The molecule has 0 N–H and O–H groups in total. The van der Waals surface area contributed by atoms with Gasteiger partial charge in [0.1, 0.15) is 0 Å². The maximum atomic E-state index is 2.47. The lowest BCUT2D eigenvalue weighted by molar-refractivity contribution is 0.745. The maximum absolute atomic E-state index is 2.47. The molecule has 2 heteroatoms. The molecule has 119 valence electrons. The van der Waals surface area contributed by atoms with Crippen LogP contribution >= 0.6 is 0 Å². The minimum atomic E-state index is -0.946. The van der Waals surface area contributed by atoms with Crippen LogP contribution in [0, 0.1) is 0 Å². The van der Waals surface area contributed by atoms with Crippen LogP contribution in [-0.2, 0) is 6.42 Å². The van der Waals surface area contributed by atoms with Crippen molar-refractivity contribution >= 4 is 30.0 Å². The molecule has 0 saturated carbocycles. The lowest BCUT2D eigenvalue weighted by Gasteiger charge is -2.28. The van der Waals surface area contributed by atoms with E-state index in [9.17, 15) is 0 Å². The second-order valence-corrected chi connectivity index (χ2v) is 8.96. The fraction of sp³-hybridized carbons (Fsp3) is 0.182. The van der Waals surface area contributed by atoms with Crippen LogP contribution in [-0.4, -0.2) is 22.4 Å². The van der Waals surface area contributed by atoms with Crippen molar-refractivity contribution in [1.82, 2.24) is 0 Å². The normalized spacial score (nSPS) is 13.8. The van der Waals surface area contributed by atoms with Gasteiger partial charge in [0.2, 0.25) is 0 Å². The van der Waals surface area contributed by atoms with Crippen molar-refractivity contribution < 1.29 is 0 Å². The molecule has 1 radical (unpaired) electrons. The average Bonchev–Trinajstić information content (AvgIpc) is 2.64. The molecule has 0 aromatic heterocycles. The van der Waals surface area contributed by atoms with E-state index >= 15 is 0 Å². The molecule has 0 fully saturated rings. The van der Waals surface area contributed by atoms with E-state index in [4.69, 9.17) is 0 Å². The van der Waals surface area contributed by atoms with Gasteiger partial charge < -0.3 is 4.90 Å². The highest BCUT2D eigenvalue weighted by Gasteiger charge is 2.22. The standard InChI is InChI=1S/C22H22NSi/c1-23-16-8-9-18-17-21(14-15-22(18)23)24(19-10-4-2-5-11-19)20-12-6-3-7-13-20/h2-7,10-15,17H,8-9,16H2,1H3. The molecule has 0 saturated heterocycles. The minimum Gasteiger partial charge on any atom is -0.374 e. The molecule has 3 aromatic carbocycles. The summed E-state index contributed by atoms with van der Waals surface area (Å²) in [6.45, 7) is 1.17. The molecule has 0 atom stereocenters. The molecule has 1 aliphatic rings. The van der Waals surface area contributed by atoms with Crippen molar-refractivity contribution in [3.05, 3.63) is 84.4 Å². The first-order chi connectivity index (χ1) is 11.8. The molecule has 0 bridgehead atoms. The van der Waals surface area contributed by atoms with E-state index in [2.05, 4.69) is 90.8 Å². The lowest BCUT2D eigenvalue weighted by Crippen LogP contribution is -2.52. The van der Waals surface area contributed by atoms with Crippen LogP contribution in [0.15, 0.2) is 78.9 Å². The highest BCUT2D eigenvalue weighted by Crippen LogP contribution is 2.24. The Hall–Kier alpha value is -2.32. The number of aryl methyl sites for hydroxylation is 1. The van der Waals surface area contributed by atoms with Crippen LogP contribution in [0.2, 0.25) is 0 Å². The van der Waals surface area contributed by atoms with Gasteiger partial charge in [-0.05, 0) is 24.5 Å². The number of hydrogen-bond acceptors (Lipinski definition) is 1. The van der Waals surface area contributed by atoms with Crippen LogP contribution in [0.5, 0.6) is 0 Å². The Morgan fingerprint density at radius 3 is 2.00 bits per heavy atom. The fourth-order valence-corrected chi connectivity index (χ4v) is 6.27. The first-order valence-electron chi connectivity index (χ1n) is 8.65. The van der Waals surface area contributed by atoms with Crippen molar-refractivity contribution in [2.75, 3.05) is 18.5 Å². The monoisotopic (exact) mass is 328 g/mol. The van der Waals surface area contributed by atoms with Gasteiger partial charge in [-0.3, -0.25) is 0 Å². The van der Waals surface area contributed by atoms with Crippen LogP contribution in [0.4, 0.5) is 5.69 Å². The number of benzene rings is 3. The average molecular weight is 329 g/mol. The second-order valence-electron chi connectivity index (χ2n) is 6.48. The molecule has 24 heavy (non-hydrogen) atoms. The third-order valence-electron chi connectivity index (χ3n) is 4.84. The number of hydrogen-bond donors (Lipinski definition) is 0. The van der Waals surface area contributed by atoms with E-state index in [0.29, 0.717) is 0 Å². The van der Waals surface area contributed by atoms with Crippen molar-refractivity contribution in [3.8, 4) is 0 Å². The zero-order chi connectivity index (χ0) is 16.4. The Balaban J connectivity index is 1.83. The van der Waals surface area contributed by atoms with Crippen molar-refractivity contribution in [2.24, 2.45) is 0 Å². The van der Waals surface area contributed by atoms with E-state index < -0.39 is 8.80 Å². The second kappa shape index (κ2) is 6.66. The Kier molecular flexibility index (Phi) is 4.22. The van der Waals surface area contributed by atoms with Crippen molar-refractivity contribution in [3.63, 3.8) is 0 Å². The lowest BCUT2D eigenvalue weighted by atomic mass is 10.0. The summed E-state index contributed by atoms with van der Waals surface area (Å²) < 4.78 is 0. The Morgan fingerprint density at radius 1 is 0.750 bits per heavy atom. The summed E-state index contributed by atoms with van der Waals surface area (Å²) in [7, 11) is 1.26. The van der Waals surface area contributed by atoms with Gasteiger partial charge in [0.05, 0.1) is 0 Å². The van der Waals surface area contributed by atoms with E-state index in [0.717, 1.165) is 0 Å². The van der Waals surface area contributed by atoms with Gasteiger partial charge in [-0.2, -0.15) is 0 Å². The zero-order valence-electron chi connectivity index (χ0n) is 14.1. The van der Waals surface area contributed by atoms with Gasteiger partial charge >= 0.3 is 0 Å². The number of rotatable bonds is 3. The van der Waals surface area contributed by atoms with Gasteiger partial charge in [-0.25, -0.2) is 0 Å². The Labute approximate surface area is 146 Å². The van der Waals surface area contributed by atoms with Gasteiger partial charge in [0.25, 0.3) is 0 Å². The molecule has 0 aliphatic carbocycles. The van der Waals surface area contributed by atoms with Crippen LogP contribution in [0.3, 0.4) is 0 Å². The Morgan fingerprint density at radius 2 is 1.38 bits per heavy atom. The molecule has 3 aromatic rings. The highest BCUT2D eigenvalue weighted by molar-refractivity contribution is 6.95. The van der Waals surface area contributed by atoms with Gasteiger partial charge in [-0.15, -0.1) is 0 Å². The summed E-state index contributed by atoms with van der Waals surface area (Å²) in [6, 6.07) is 29.2. The Bertz CT molecular complexity index is 774. The summed E-state index contributed by atoms with van der Waals surface area (Å²) >= 11 is 0. The van der Waals surface area contributed by atoms with Gasteiger partial charge in [-0.1, -0.05) is 88.4 Å². The molecule has 4 rings (SSSR count). The topological polar surface area (TPSA) is 3.24 Å². The quantitative estimate of drug-likeness (QED) is 0.528. The van der Waals surface area contributed by atoms with Crippen molar-refractivity contribution in [1.29, 1.82) is 0 Å². The van der Waals surface area contributed by atoms with Crippen LogP contribution in [0.1, 0.15) is 12.0 Å². The molecule has 0 unspecified atom stereocenters. The number of anilines is 1. The van der Waals surface area contributed by atoms with Crippen LogP contribution in [0.25, 0.3) is 0 Å². The summed E-state index contributed by atoms with van der Waals surface area (Å²) in [5.41, 5.74) is 2.92. The number of nitrogens with zero attached hydrogens (tertiary/aromatic N) is 1. The highest BCUT2D eigenvalue weighted by atomic mass is 28.3. The molecule has 0 amide bonds. The summed E-state index contributed by atoms with van der Waals surface area (Å²) in [4.78, 5) is 2.39. The minimum absolute atomic E-state index is 0.946. The predicted molar refractivity (Wildman–Crippen MR) is 106 cm³/mol. The third-order valence-corrected chi connectivity index (χ3v) is 7.55. The zero-order valence-corrected chi connectivity index (χ0v) is 15.1. The molecule has 1 aliphatic heterocycles. The smallest absolute Gasteiger partial charge is 0.154 e. The van der Waals surface area contributed by atoms with Gasteiger partial charge in [0.15, 0.2) is 8.80 Å². The van der Waals surface area contributed by atoms with E-state index in [-0.39, 0.29) is 0 Å². The predicted octanol–water partition coefficient (Wildman–Crippen LogP) is 2.59. The maximum Gasteiger partial charge on any atom is 0.154 e. The molecular formula is C22H22NSi. The SMILES string of the molecule is CN1CCCc2cc([Si](c3ccccc3)c3ccccc3)ccc21. The van der Waals surface area contributed by atoms with E-state index in [1.807, 2.05) is 0 Å². The van der Waals surface area contributed by atoms with E-state index in [1.165, 1.54) is 46.2 Å². The van der Waals surface area contributed by atoms with E-state index in [1.54, 1.807) is 0 Å². The van der Waals surface area contributed by atoms with Crippen molar-refractivity contribution in [2.45, 2.75) is 12.8 Å². The van der Waals surface area contributed by atoms with Crippen LogP contribution < -0.4 is 20.5 Å². The first kappa shape index (κ1) is 15.2. The van der Waals surface area contributed by atoms with Gasteiger partial charge in [0, 0.05) is 19.3 Å². The largest absolute Gasteiger partial charge is 0.374 e. The number of fused-ring (bicyclic) bond motifs is 1. The molecule has 0 spiro atoms. The third kappa shape index (κ3) is 2.90.